The molecule has 0 aliphatic rings. The highest BCUT2D eigenvalue weighted by Gasteiger charge is 2.29. The average Bonchev–Trinajstić information content (AvgIpc) is 2.52. The first-order chi connectivity index (χ1) is 11.0. The number of para-hydroxylation sites is 2. The quantitative estimate of drug-likeness (QED) is 0.578. The Morgan fingerprint density at radius 1 is 1.04 bits per heavy atom. The summed E-state index contributed by atoms with van der Waals surface area (Å²) in [6, 6.07) is 16.2. The predicted molar refractivity (Wildman–Crippen MR) is 90.2 cm³/mol. The minimum Gasteiger partial charge on any atom is -0.415 e. The van der Waals surface area contributed by atoms with Crippen LogP contribution >= 0.6 is 7.60 Å². The van der Waals surface area contributed by atoms with E-state index in [0.29, 0.717) is 11.5 Å². The Labute approximate surface area is 135 Å². The van der Waals surface area contributed by atoms with E-state index in [-0.39, 0.29) is 6.29 Å². The molecule has 0 fully saturated rings. The van der Waals surface area contributed by atoms with Crippen molar-refractivity contribution in [1.82, 2.24) is 0 Å². The topological polar surface area (TPSA) is 71.7 Å². The van der Waals surface area contributed by atoms with E-state index in [1.165, 1.54) is 0 Å². The van der Waals surface area contributed by atoms with Crippen molar-refractivity contribution < 1.29 is 13.6 Å². The van der Waals surface area contributed by atoms with Crippen molar-refractivity contribution in [2.75, 3.05) is 6.29 Å². The molecular formula is C17H17N2O3P. The van der Waals surface area contributed by atoms with Crippen molar-refractivity contribution in [2.45, 2.75) is 13.8 Å². The molecular weight excluding hydrogens is 311 g/mol. The summed E-state index contributed by atoms with van der Waals surface area (Å²) in [6.07, 6.45) is 0.790. The molecule has 0 aliphatic carbocycles. The van der Waals surface area contributed by atoms with Crippen LogP contribution in [0.25, 0.3) is 0 Å². The van der Waals surface area contributed by atoms with Gasteiger partial charge in [-0.3, -0.25) is 4.99 Å². The van der Waals surface area contributed by atoms with Gasteiger partial charge in [-0.25, -0.2) is 4.57 Å². The van der Waals surface area contributed by atoms with Crippen LogP contribution in [0, 0.1) is 25.2 Å². The van der Waals surface area contributed by atoms with Gasteiger partial charge in [0.25, 0.3) is 0 Å². The predicted octanol–water partition coefficient (Wildman–Crippen LogP) is 4.51. The lowest BCUT2D eigenvalue weighted by Gasteiger charge is -2.20. The van der Waals surface area contributed by atoms with Crippen molar-refractivity contribution >= 4 is 13.8 Å². The fourth-order valence-electron chi connectivity index (χ4n) is 1.88. The van der Waals surface area contributed by atoms with Crippen LogP contribution in [0.3, 0.4) is 0 Å². The zero-order valence-electron chi connectivity index (χ0n) is 13.0. The summed E-state index contributed by atoms with van der Waals surface area (Å²) in [5, 5.41) is 8.56. The molecule has 0 bridgehead atoms. The van der Waals surface area contributed by atoms with E-state index in [2.05, 4.69) is 4.99 Å². The van der Waals surface area contributed by atoms with Gasteiger partial charge in [-0.2, -0.15) is 5.26 Å². The average molecular weight is 328 g/mol. The van der Waals surface area contributed by atoms with Crippen LogP contribution in [-0.4, -0.2) is 12.5 Å². The van der Waals surface area contributed by atoms with E-state index in [9.17, 15) is 4.57 Å². The lowest BCUT2D eigenvalue weighted by Crippen LogP contribution is -2.05. The second kappa shape index (κ2) is 7.62. The molecule has 23 heavy (non-hydrogen) atoms. The Hall–Kier alpha value is -2.57. The molecule has 0 spiro atoms. The summed E-state index contributed by atoms with van der Waals surface area (Å²) < 4.78 is 24.4. The molecule has 0 amide bonds. The summed E-state index contributed by atoms with van der Waals surface area (Å²) in [7, 11) is -3.60. The molecule has 6 heteroatoms. The van der Waals surface area contributed by atoms with E-state index in [1.54, 1.807) is 30.3 Å². The monoisotopic (exact) mass is 328 g/mol. The number of aryl methyl sites for hydroxylation is 2. The van der Waals surface area contributed by atoms with Gasteiger partial charge in [-0.1, -0.05) is 36.4 Å². The highest BCUT2D eigenvalue weighted by atomic mass is 31.2. The van der Waals surface area contributed by atoms with Gasteiger partial charge in [-0.15, -0.1) is 0 Å². The molecule has 5 nitrogen and oxygen atoms in total. The minimum absolute atomic E-state index is 0.233. The van der Waals surface area contributed by atoms with Gasteiger partial charge >= 0.3 is 7.60 Å². The first kappa shape index (κ1) is 16.8. The number of aliphatic imine (C=N–C) groups is 1. The molecule has 0 aromatic heterocycles. The summed E-state index contributed by atoms with van der Waals surface area (Å²) in [4.78, 5) is 3.81. The Kier molecular flexibility index (Phi) is 5.56. The second-order valence-corrected chi connectivity index (χ2v) is 6.78. The highest BCUT2D eigenvalue weighted by Crippen LogP contribution is 2.49. The number of hydrogen-bond acceptors (Lipinski definition) is 5. The molecule has 0 unspecified atom stereocenters. The maximum Gasteiger partial charge on any atom is 0.452 e. The second-order valence-electron chi connectivity index (χ2n) is 4.91. The van der Waals surface area contributed by atoms with Crippen molar-refractivity contribution in [2.24, 2.45) is 4.99 Å². The Balaban J connectivity index is 2.31. The molecule has 0 aliphatic heterocycles. The molecule has 0 heterocycles. The Bertz CT molecular complexity index is 745. The standard InChI is InChI=1S/C17H17N2O3P/c1-14-7-3-5-9-16(14)21-23(20,13-19-12-11-18)22-17-10-6-4-8-15(17)2/h3-10,12H,13H2,1-2H3/b19-12+. The molecule has 0 radical (unpaired) electrons. The summed E-state index contributed by atoms with van der Waals surface area (Å²) >= 11 is 0. The first-order valence-corrected chi connectivity index (χ1v) is 8.74. The van der Waals surface area contributed by atoms with Crippen LogP contribution in [0.2, 0.25) is 0 Å². The molecule has 0 saturated heterocycles. The van der Waals surface area contributed by atoms with Crippen molar-refractivity contribution in [1.29, 1.82) is 5.26 Å². The molecule has 2 aromatic rings. The van der Waals surface area contributed by atoms with E-state index >= 15 is 0 Å². The van der Waals surface area contributed by atoms with E-state index in [0.717, 1.165) is 17.3 Å². The van der Waals surface area contributed by atoms with Crippen LogP contribution in [0.4, 0.5) is 0 Å². The number of rotatable bonds is 6. The number of benzene rings is 2. The van der Waals surface area contributed by atoms with Crippen LogP contribution in [0.15, 0.2) is 53.5 Å². The van der Waals surface area contributed by atoms with Crippen LogP contribution < -0.4 is 9.05 Å². The van der Waals surface area contributed by atoms with Gasteiger partial charge in [0.1, 0.15) is 17.6 Å². The number of hydrogen-bond donors (Lipinski definition) is 0. The van der Waals surface area contributed by atoms with E-state index in [1.807, 2.05) is 38.1 Å². The number of nitriles is 1. The zero-order chi connectivity index (χ0) is 16.7. The fraction of sp³-hybridized carbons (Fsp3) is 0.176. The van der Waals surface area contributed by atoms with Gasteiger partial charge in [0, 0.05) is 0 Å². The largest absolute Gasteiger partial charge is 0.452 e. The smallest absolute Gasteiger partial charge is 0.415 e. The van der Waals surface area contributed by atoms with Crippen molar-refractivity contribution in [3.05, 3.63) is 59.7 Å². The Morgan fingerprint density at radius 2 is 1.52 bits per heavy atom. The van der Waals surface area contributed by atoms with Crippen LogP contribution in [0.5, 0.6) is 11.5 Å². The third kappa shape index (κ3) is 4.70. The normalized spacial score (nSPS) is 11.2. The lowest BCUT2D eigenvalue weighted by molar-refractivity contribution is 0.384. The SMILES string of the molecule is Cc1ccccc1OP(=O)(C/N=C/C#N)Oc1ccccc1C. The molecule has 0 saturated carbocycles. The number of nitrogens with zero attached hydrogens (tertiary/aromatic N) is 2. The van der Waals surface area contributed by atoms with E-state index < -0.39 is 7.60 Å². The minimum atomic E-state index is -3.60. The maximum absolute atomic E-state index is 13.1. The lowest BCUT2D eigenvalue weighted by atomic mass is 10.2. The summed E-state index contributed by atoms with van der Waals surface area (Å²) in [5.41, 5.74) is 1.68. The molecule has 0 atom stereocenters. The van der Waals surface area contributed by atoms with E-state index in [4.69, 9.17) is 14.3 Å². The molecule has 0 N–H and O–H groups in total. The Morgan fingerprint density at radius 3 is 1.96 bits per heavy atom. The first-order valence-electron chi connectivity index (χ1n) is 7.01. The van der Waals surface area contributed by atoms with Crippen molar-refractivity contribution in [3.63, 3.8) is 0 Å². The van der Waals surface area contributed by atoms with Crippen LogP contribution in [-0.2, 0) is 4.57 Å². The van der Waals surface area contributed by atoms with Gasteiger partial charge in [0.15, 0.2) is 6.29 Å². The summed E-state index contributed by atoms with van der Waals surface area (Å²) in [6.45, 7) is 3.71. The van der Waals surface area contributed by atoms with Crippen LogP contribution in [0.1, 0.15) is 11.1 Å². The van der Waals surface area contributed by atoms with Gasteiger partial charge in [-0.05, 0) is 37.1 Å². The zero-order valence-corrected chi connectivity index (χ0v) is 13.9. The van der Waals surface area contributed by atoms with Gasteiger partial charge in [0.2, 0.25) is 0 Å². The van der Waals surface area contributed by atoms with Gasteiger partial charge < -0.3 is 9.05 Å². The molecule has 118 valence electrons. The maximum atomic E-state index is 13.1. The van der Waals surface area contributed by atoms with Crippen molar-refractivity contribution in [3.8, 4) is 17.6 Å². The third-order valence-corrected chi connectivity index (χ3v) is 4.53. The highest BCUT2D eigenvalue weighted by molar-refractivity contribution is 7.54. The molecule has 2 aromatic carbocycles. The third-order valence-electron chi connectivity index (χ3n) is 3.07. The van der Waals surface area contributed by atoms with Gasteiger partial charge in [0.05, 0.1) is 6.21 Å². The fourth-order valence-corrected chi connectivity index (χ4v) is 3.32. The summed E-state index contributed by atoms with van der Waals surface area (Å²) in [5.74, 6) is 0.938. The molecule has 2 rings (SSSR count).